The number of thioether (sulfide) groups is 1. The molecular formula is C23H28N4O2S. The summed E-state index contributed by atoms with van der Waals surface area (Å²) in [7, 11) is 1.89. The van der Waals surface area contributed by atoms with Crippen molar-refractivity contribution in [2.75, 3.05) is 11.1 Å². The second-order valence-corrected chi connectivity index (χ2v) is 8.00. The molecule has 1 aromatic heterocycles. The second-order valence-electron chi connectivity index (χ2n) is 7.06. The van der Waals surface area contributed by atoms with Gasteiger partial charge in [0.1, 0.15) is 12.4 Å². The summed E-state index contributed by atoms with van der Waals surface area (Å²) < 4.78 is 7.68. The van der Waals surface area contributed by atoms with Gasteiger partial charge >= 0.3 is 0 Å². The molecule has 0 unspecified atom stereocenters. The molecule has 7 heteroatoms. The van der Waals surface area contributed by atoms with Crippen LogP contribution in [0.4, 0.5) is 5.69 Å². The smallest absolute Gasteiger partial charge is 0.234 e. The molecule has 6 nitrogen and oxygen atoms in total. The number of hydrogen-bond acceptors (Lipinski definition) is 5. The summed E-state index contributed by atoms with van der Waals surface area (Å²) in [5.74, 6) is 1.74. The maximum atomic E-state index is 12.6. The fourth-order valence-corrected chi connectivity index (χ4v) is 3.89. The number of anilines is 1. The van der Waals surface area contributed by atoms with Crippen LogP contribution in [0.3, 0.4) is 0 Å². The number of aromatic nitrogens is 3. The van der Waals surface area contributed by atoms with Crippen molar-refractivity contribution in [1.82, 2.24) is 14.8 Å². The van der Waals surface area contributed by atoms with Crippen LogP contribution in [0.15, 0.2) is 47.6 Å². The molecule has 0 aliphatic rings. The Kier molecular flexibility index (Phi) is 7.52. The van der Waals surface area contributed by atoms with Crippen molar-refractivity contribution in [2.24, 2.45) is 7.05 Å². The lowest BCUT2D eigenvalue weighted by atomic mass is 10.0. The predicted octanol–water partition coefficient (Wildman–Crippen LogP) is 4.56. The van der Waals surface area contributed by atoms with Crippen molar-refractivity contribution in [3.63, 3.8) is 0 Å². The number of para-hydroxylation sites is 1. The molecule has 0 saturated heterocycles. The highest BCUT2D eigenvalue weighted by atomic mass is 32.2. The molecule has 1 amide bonds. The first-order valence-electron chi connectivity index (χ1n) is 10.1. The Morgan fingerprint density at radius 3 is 2.47 bits per heavy atom. The van der Waals surface area contributed by atoms with Crippen molar-refractivity contribution in [2.45, 2.75) is 45.4 Å². The van der Waals surface area contributed by atoms with Gasteiger partial charge in [0, 0.05) is 12.7 Å². The molecule has 0 aliphatic heterocycles. The van der Waals surface area contributed by atoms with Gasteiger partial charge in [0.05, 0.1) is 5.75 Å². The second kappa shape index (κ2) is 10.3. The topological polar surface area (TPSA) is 69.0 Å². The molecule has 2 aromatic carbocycles. The minimum atomic E-state index is -0.0452. The third-order valence-corrected chi connectivity index (χ3v) is 5.90. The average molecular weight is 425 g/mol. The van der Waals surface area contributed by atoms with Gasteiger partial charge in [-0.15, -0.1) is 10.2 Å². The first-order chi connectivity index (χ1) is 14.5. The minimum absolute atomic E-state index is 0.0452. The van der Waals surface area contributed by atoms with E-state index in [1.54, 1.807) is 0 Å². The quantitative estimate of drug-likeness (QED) is 0.510. The number of benzene rings is 2. The van der Waals surface area contributed by atoms with Crippen molar-refractivity contribution in [3.05, 3.63) is 65.0 Å². The van der Waals surface area contributed by atoms with E-state index in [0.29, 0.717) is 17.6 Å². The van der Waals surface area contributed by atoms with Gasteiger partial charge in [-0.05, 0) is 48.6 Å². The minimum Gasteiger partial charge on any atom is -0.486 e. The Morgan fingerprint density at radius 2 is 1.80 bits per heavy atom. The normalized spacial score (nSPS) is 10.8. The van der Waals surface area contributed by atoms with E-state index in [1.165, 1.54) is 11.8 Å². The third kappa shape index (κ3) is 5.42. The average Bonchev–Trinajstić information content (AvgIpc) is 3.10. The van der Waals surface area contributed by atoms with E-state index in [9.17, 15) is 4.79 Å². The Morgan fingerprint density at radius 1 is 1.10 bits per heavy atom. The number of amides is 1. The standard InChI is InChI=1S/C23H28N4O2S/c1-5-17-10-8-11-18(6-2)22(17)24-21(28)15-30-23-26-25-20(27(23)4)14-29-19-12-7-9-16(3)13-19/h7-13H,5-6,14-15H2,1-4H3,(H,24,28). The van der Waals surface area contributed by atoms with Crippen LogP contribution in [-0.2, 0) is 31.3 Å². The largest absolute Gasteiger partial charge is 0.486 e. The number of rotatable bonds is 9. The van der Waals surface area contributed by atoms with Gasteiger partial charge in [-0.2, -0.15) is 0 Å². The SMILES string of the molecule is CCc1cccc(CC)c1NC(=O)CSc1nnc(COc2cccc(C)c2)n1C. The lowest BCUT2D eigenvalue weighted by Gasteiger charge is -2.14. The van der Waals surface area contributed by atoms with Crippen LogP contribution in [0.1, 0.15) is 36.4 Å². The number of hydrogen-bond donors (Lipinski definition) is 1. The van der Waals surface area contributed by atoms with Crippen LogP contribution in [0.25, 0.3) is 0 Å². The van der Waals surface area contributed by atoms with Gasteiger partial charge < -0.3 is 14.6 Å². The number of ether oxygens (including phenoxy) is 1. The van der Waals surface area contributed by atoms with Gasteiger partial charge in [-0.25, -0.2) is 0 Å². The third-order valence-electron chi connectivity index (χ3n) is 4.88. The Bertz CT molecular complexity index is 994. The summed E-state index contributed by atoms with van der Waals surface area (Å²) in [6, 6.07) is 14.1. The van der Waals surface area contributed by atoms with Gasteiger partial charge in [0.15, 0.2) is 11.0 Å². The number of carbonyl (C=O) groups excluding carboxylic acids is 1. The van der Waals surface area contributed by atoms with Crippen LogP contribution < -0.4 is 10.1 Å². The fourth-order valence-electron chi connectivity index (χ4n) is 3.16. The molecule has 0 aliphatic carbocycles. The van der Waals surface area contributed by atoms with Crippen LogP contribution in [0.5, 0.6) is 5.75 Å². The zero-order valence-electron chi connectivity index (χ0n) is 17.9. The fraction of sp³-hybridized carbons (Fsp3) is 0.348. The van der Waals surface area contributed by atoms with Gasteiger partial charge in [-0.3, -0.25) is 4.79 Å². The first kappa shape index (κ1) is 21.9. The van der Waals surface area contributed by atoms with Crippen molar-refractivity contribution in [3.8, 4) is 5.75 Å². The van der Waals surface area contributed by atoms with Crippen LogP contribution in [0.2, 0.25) is 0 Å². The summed E-state index contributed by atoms with van der Waals surface area (Å²) >= 11 is 1.37. The Labute approximate surface area is 182 Å². The van der Waals surface area contributed by atoms with E-state index < -0.39 is 0 Å². The summed E-state index contributed by atoms with van der Waals surface area (Å²) in [5, 5.41) is 12.2. The molecular weight excluding hydrogens is 396 g/mol. The molecule has 0 bridgehead atoms. The van der Waals surface area contributed by atoms with Gasteiger partial charge in [-0.1, -0.05) is 55.9 Å². The molecule has 3 aromatic rings. The number of nitrogens with zero attached hydrogens (tertiary/aromatic N) is 3. The van der Waals surface area contributed by atoms with Crippen molar-refractivity contribution >= 4 is 23.4 Å². The Hall–Kier alpha value is -2.80. The molecule has 1 heterocycles. The molecule has 0 spiro atoms. The maximum Gasteiger partial charge on any atom is 0.234 e. The molecule has 30 heavy (non-hydrogen) atoms. The molecule has 1 N–H and O–H groups in total. The van der Waals surface area contributed by atoms with E-state index in [4.69, 9.17) is 4.74 Å². The molecule has 0 radical (unpaired) electrons. The molecule has 3 rings (SSSR count). The van der Waals surface area contributed by atoms with E-state index >= 15 is 0 Å². The van der Waals surface area contributed by atoms with Crippen LogP contribution in [0, 0.1) is 6.92 Å². The van der Waals surface area contributed by atoms with E-state index in [0.717, 1.165) is 41.0 Å². The van der Waals surface area contributed by atoms with Gasteiger partial charge in [0.2, 0.25) is 5.91 Å². The summed E-state index contributed by atoms with van der Waals surface area (Å²) in [5.41, 5.74) is 4.39. The number of nitrogens with one attached hydrogen (secondary N) is 1. The van der Waals surface area contributed by atoms with E-state index in [1.807, 2.05) is 48.9 Å². The number of carbonyl (C=O) groups is 1. The van der Waals surface area contributed by atoms with Crippen molar-refractivity contribution < 1.29 is 9.53 Å². The lowest BCUT2D eigenvalue weighted by molar-refractivity contribution is -0.113. The summed E-state index contributed by atoms with van der Waals surface area (Å²) in [6.45, 7) is 6.54. The highest BCUT2D eigenvalue weighted by Gasteiger charge is 2.14. The Balaban J connectivity index is 1.58. The van der Waals surface area contributed by atoms with Crippen molar-refractivity contribution in [1.29, 1.82) is 0 Å². The lowest BCUT2D eigenvalue weighted by Crippen LogP contribution is -2.17. The van der Waals surface area contributed by atoms with E-state index in [-0.39, 0.29) is 11.7 Å². The first-order valence-corrected chi connectivity index (χ1v) is 11.1. The van der Waals surface area contributed by atoms with Crippen LogP contribution in [-0.4, -0.2) is 26.4 Å². The zero-order valence-corrected chi connectivity index (χ0v) is 18.8. The van der Waals surface area contributed by atoms with E-state index in [2.05, 4.69) is 41.5 Å². The molecule has 0 fully saturated rings. The highest BCUT2D eigenvalue weighted by molar-refractivity contribution is 7.99. The monoisotopic (exact) mass is 424 g/mol. The molecule has 0 atom stereocenters. The van der Waals surface area contributed by atoms with Crippen LogP contribution >= 0.6 is 11.8 Å². The molecule has 158 valence electrons. The maximum absolute atomic E-state index is 12.6. The predicted molar refractivity (Wildman–Crippen MR) is 121 cm³/mol. The molecule has 0 saturated carbocycles. The van der Waals surface area contributed by atoms with Gasteiger partial charge in [0.25, 0.3) is 0 Å². The zero-order chi connectivity index (χ0) is 21.5. The summed E-state index contributed by atoms with van der Waals surface area (Å²) in [6.07, 6.45) is 1.76. The summed E-state index contributed by atoms with van der Waals surface area (Å²) in [4.78, 5) is 12.6. The highest BCUT2D eigenvalue weighted by Crippen LogP contribution is 2.24. The number of aryl methyl sites for hydroxylation is 3.